The van der Waals surface area contributed by atoms with Crippen LogP contribution in [0, 0.1) is 5.92 Å². The van der Waals surface area contributed by atoms with Crippen LogP contribution in [-0.4, -0.2) is 44.1 Å². The van der Waals surface area contributed by atoms with Crippen molar-refractivity contribution in [2.75, 3.05) is 33.2 Å². The van der Waals surface area contributed by atoms with Crippen molar-refractivity contribution >= 4 is 17.3 Å². The maximum absolute atomic E-state index is 4.34. The van der Waals surface area contributed by atoms with Crippen molar-refractivity contribution in [2.24, 2.45) is 10.9 Å². The van der Waals surface area contributed by atoms with Gasteiger partial charge in [-0.25, -0.2) is 0 Å². The van der Waals surface area contributed by atoms with Gasteiger partial charge < -0.3 is 15.5 Å². The van der Waals surface area contributed by atoms with Crippen molar-refractivity contribution in [3.63, 3.8) is 0 Å². The number of nitrogens with one attached hydrogen (secondary N) is 2. The second kappa shape index (κ2) is 9.16. The van der Waals surface area contributed by atoms with Crippen LogP contribution in [0.4, 0.5) is 0 Å². The predicted octanol–water partition coefficient (Wildman–Crippen LogP) is 3.10. The third-order valence-electron chi connectivity index (χ3n) is 4.55. The molecule has 0 aromatic carbocycles. The molecule has 0 radical (unpaired) electrons. The third kappa shape index (κ3) is 5.29. The fraction of sp³-hybridized carbons (Fsp3) is 0.706. The Bertz CT molecular complexity index is 436. The molecule has 0 aliphatic carbocycles. The summed E-state index contributed by atoms with van der Waals surface area (Å²) in [6, 6.07) is 4.56. The number of hydrogen-bond acceptors (Lipinski definition) is 3. The largest absolute Gasteiger partial charge is 0.356 e. The van der Waals surface area contributed by atoms with E-state index in [4.69, 9.17) is 0 Å². The molecule has 0 amide bonds. The minimum absolute atomic E-state index is 0.305. The highest BCUT2D eigenvalue weighted by atomic mass is 32.1. The van der Waals surface area contributed by atoms with Gasteiger partial charge in [-0.2, -0.15) is 0 Å². The summed E-state index contributed by atoms with van der Waals surface area (Å²) in [4.78, 5) is 8.23. The number of likely N-dealkylation sites (tertiary alicyclic amines) is 1. The summed E-state index contributed by atoms with van der Waals surface area (Å²) < 4.78 is 0. The Hall–Kier alpha value is -1.07. The van der Waals surface area contributed by atoms with E-state index in [1.165, 1.54) is 43.8 Å². The average Bonchev–Trinajstić information content (AvgIpc) is 3.09. The summed E-state index contributed by atoms with van der Waals surface area (Å²) in [5.41, 5.74) is 0. The standard InChI is InChI=1S/C17H30N4S/c1-4-21-11-8-15(9-12-21)7-10-19-17(18-3)20-14(2)16-6-5-13-22-16/h5-6,13-15H,4,7-12H2,1-3H3,(H2,18,19,20). The molecule has 1 saturated heterocycles. The van der Waals surface area contributed by atoms with E-state index in [1.54, 1.807) is 11.3 Å². The Balaban J connectivity index is 1.66. The average molecular weight is 323 g/mol. The predicted molar refractivity (Wildman–Crippen MR) is 96.7 cm³/mol. The maximum Gasteiger partial charge on any atom is 0.191 e. The molecule has 5 heteroatoms. The van der Waals surface area contributed by atoms with Gasteiger partial charge in [-0.3, -0.25) is 4.99 Å². The van der Waals surface area contributed by atoms with Gasteiger partial charge >= 0.3 is 0 Å². The number of aliphatic imine (C=N–C) groups is 1. The third-order valence-corrected chi connectivity index (χ3v) is 5.60. The number of hydrogen-bond donors (Lipinski definition) is 2. The molecule has 0 spiro atoms. The summed E-state index contributed by atoms with van der Waals surface area (Å²) in [7, 11) is 1.84. The van der Waals surface area contributed by atoms with E-state index in [2.05, 4.69) is 51.9 Å². The van der Waals surface area contributed by atoms with Crippen LogP contribution >= 0.6 is 11.3 Å². The second-order valence-corrected chi connectivity index (χ2v) is 7.03. The van der Waals surface area contributed by atoms with Crippen molar-refractivity contribution in [1.29, 1.82) is 0 Å². The van der Waals surface area contributed by atoms with Crippen LogP contribution in [0.1, 0.15) is 44.0 Å². The summed E-state index contributed by atoms with van der Waals surface area (Å²) in [6.07, 6.45) is 3.92. The molecule has 1 aliphatic heterocycles. The van der Waals surface area contributed by atoms with E-state index < -0.39 is 0 Å². The monoisotopic (exact) mass is 322 g/mol. The Morgan fingerprint density at radius 3 is 2.82 bits per heavy atom. The zero-order valence-electron chi connectivity index (χ0n) is 14.1. The number of piperidine rings is 1. The van der Waals surface area contributed by atoms with Crippen LogP contribution in [0.15, 0.2) is 22.5 Å². The van der Waals surface area contributed by atoms with E-state index in [0.717, 1.165) is 18.4 Å². The maximum atomic E-state index is 4.34. The van der Waals surface area contributed by atoms with Crippen LogP contribution < -0.4 is 10.6 Å². The van der Waals surface area contributed by atoms with Gasteiger partial charge in [0.25, 0.3) is 0 Å². The molecule has 0 bridgehead atoms. The number of thiophene rings is 1. The molecule has 4 nitrogen and oxygen atoms in total. The van der Waals surface area contributed by atoms with Gasteiger partial charge in [0, 0.05) is 18.5 Å². The van der Waals surface area contributed by atoms with Crippen LogP contribution in [0.5, 0.6) is 0 Å². The molecule has 1 fully saturated rings. The molecule has 124 valence electrons. The topological polar surface area (TPSA) is 39.7 Å². The van der Waals surface area contributed by atoms with Crippen LogP contribution in [0.3, 0.4) is 0 Å². The first-order chi connectivity index (χ1) is 10.7. The lowest BCUT2D eigenvalue weighted by atomic mass is 9.93. The highest BCUT2D eigenvalue weighted by Gasteiger charge is 2.17. The minimum Gasteiger partial charge on any atom is -0.356 e. The zero-order valence-corrected chi connectivity index (χ0v) is 15.0. The van der Waals surface area contributed by atoms with Crippen LogP contribution in [-0.2, 0) is 0 Å². The molecular weight excluding hydrogens is 292 g/mol. The van der Waals surface area contributed by atoms with Crippen molar-refractivity contribution < 1.29 is 0 Å². The zero-order chi connectivity index (χ0) is 15.8. The molecule has 1 aromatic heterocycles. The molecule has 0 saturated carbocycles. The number of rotatable bonds is 6. The van der Waals surface area contributed by atoms with Gasteiger partial charge in [-0.05, 0) is 63.2 Å². The Kier molecular flexibility index (Phi) is 7.19. The molecule has 22 heavy (non-hydrogen) atoms. The molecule has 1 atom stereocenters. The summed E-state index contributed by atoms with van der Waals surface area (Å²) in [5.74, 6) is 1.77. The van der Waals surface area contributed by atoms with Gasteiger partial charge in [0.1, 0.15) is 0 Å². The van der Waals surface area contributed by atoms with E-state index in [-0.39, 0.29) is 0 Å². The molecule has 1 aliphatic rings. The first kappa shape index (κ1) is 17.3. The van der Waals surface area contributed by atoms with Gasteiger partial charge in [-0.1, -0.05) is 13.0 Å². The van der Waals surface area contributed by atoms with Crippen LogP contribution in [0.2, 0.25) is 0 Å². The Labute approximate surface area is 139 Å². The lowest BCUT2D eigenvalue weighted by molar-refractivity contribution is 0.187. The molecule has 2 rings (SSSR count). The molecule has 2 heterocycles. The summed E-state index contributed by atoms with van der Waals surface area (Å²) >= 11 is 1.78. The van der Waals surface area contributed by atoms with Crippen molar-refractivity contribution in [1.82, 2.24) is 15.5 Å². The van der Waals surface area contributed by atoms with Gasteiger partial charge in [0.05, 0.1) is 6.04 Å². The lowest BCUT2D eigenvalue weighted by Crippen LogP contribution is -2.40. The van der Waals surface area contributed by atoms with E-state index >= 15 is 0 Å². The van der Waals surface area contributed by atoms with Gasteiger partial charge in [0.15, 0.2) is 5.96 Å². The van der Waals surface area contributed by atoms with Crippen molar-refractivity contribution in [3.05, 3.63) is 22.4 Å². The highest BCUT2D eigenvalue weighted by molar-refractivity contribution is 7.10. The molecule has 1 unspecified atom stereocenters. The van der Waals surface area contributed by atoms with Crippen molar-refractivity contribution in [3.8, 4) is 0 Å². The van der Waals surface area contributed by atoms with E-state index in [1.807, 2.05) is 7.05 Å². The normalized spacial score (nSPS) is 19.1. The first-order valence-electron chi connectivity index (χ1n) is 8.45. The van der Waals surface area contributed by atoms with Crippen molar-refractivity contribution in [2.45, 2.75) is 39.2 Å². The molecule has 1 aromatic rings. The SMILES string of the molecule is CCN1CCC(CCNC(=NC)NC(C)c2cccs2)CC1. The summed E-state index contributed by atoms with van der Waals surface area (Å²) in [5, 5.41) is 9.05. The Morgan fingerprint density at radius 2 is 2.23 bits per heavy atom. The lowest BCUT2D eigenvalue weighted by Gasteiger charge is -2.31. The van der Waals surface area contributed by atoms with E-state index in [0.29, 0.717) is 6.04 Å². The number of nitrogens with zero attached hydrogens (tertiary/aromatic N) is 2. The minimum atomic E-state index is 0.305. The fourth-order valence-electron chi connectivity index (χ4n) is 2.99. The quantitative estimate of drug-likeness (QED) is 0.624. The Morgan fingerprint density at radius 1 is 1.45 bits per heavy atom. The summed E-state index contributed by atoms with van der Waals surface area (Å²) in [6.45, 7) is 9.17. The smallest absolute Gasteiger partial charge is 0.191 e. The fourth-order valence-corrected chi connectivity index (χ4v) is 3.73. The molecule has 2 N–H and O–H groups in total. The number of guanidine groups is 1. The van der Waals surface area contributed by atoms with E-state index in [9.17, 15) is 0 Å². The highest BCUT2D eigenvalue weighted by Crippen LogP contribution is 2.20. The molecular formula is C17H30N4S. The second-order valence-electron chi connectivity index (χ2n) is 6.05. The first-order valence-corrected chi connectivity index (χ1v) is 9.33. The van der Waals surface area contributed by atoms with Gasteiger partial charge in [0.2, 0.25) is 0 Å². The van der Waals surface area contributed by atoms with Crippen LogP contribution in [0.25, 0.3) is 0 Å². The van der Waals surface area contributed by atoms with Gasteiger partial charge in [-0.15, -0.1) is 11.3 Å².